The maximum absolute atomic E-state index is 13.5. The molecule has 1 unspecified atom stereocenters. The molecule has 0 aliphatic heterocycles. The lowest BCUT2D eigenvalue weighted by Gasteiger charge is -2.10. The van der Waals surface area contributed by atoms with E-state index in [1.807, 2.05) is 0 Å². The molecule has 86 valence electrons. The summed E-state index contributed by atoms with van der Waals surface area (Å²) >= 11 is 0. The minimum Gasteiger partial charge on any atom is -0.327 e. The van der Waals surface area contributed by atoms with E-state index in [0.29, 0.717) is 17.9 Å². The van der Waals surface area contributed by atoms with Crippen LogP contribution in [0.2, 0.25) is 0 Å². The molecule has 1 aliphatic rings. The molecule has 1 atom stereocenters. The molecular weight excluding hydrogens is 211 g/mol. The van der Waals surface area contributed by atoms with Gasteiger partial charge in [-0.1, -0.05) is 0 Å². The van der Waals surface area contributed by atoms with Crippen LogP contribution in [0.4, 0.5) is 10.1 Å². The van der Waals surface area contributed by atoms with E-state index in [-0.39, 0.29) is 11.7 Å². The van der Waals surface area contributed by atoms with Crippen LogP contribution in [0.3, 0.4) is 0 Å². The first kappa shape index (κ1) is 11.0. The Hall–Kier alpha value is -1.49. The van der Waals surface area contributed by atoms with Crippen LogP contribution in [-0.2, 0) is 6.42 Å². The van der Waals surface area contributed by atoms with Crippen LogP contribution < -0.4 is 5.73 Å². The third-order valence-electron chi connectivity index (χ3n) is 2.93. The Balaban J connectivity index is 2.12. The molecule has 0 aromatic heterocycles. The maximum atomic E-state index is 13.5. The van der Waals surface area contributed by atoms with Crippen molar-refractivity contribution in [2.75, 3.05) is 0 Å². The summed E-state index contributed by atoms with van der Waals surface area (Å²) < 4.78 is 13.5. The van der Waals surface area contributed by atoms with Crippen LogP contribution in [0.5, 0.6) is 0 Å². The van der Waals surface area contributed by atoms with Crippen LogP contribution in [0.15, 0.2) is 18.2 Å². The van der Waals surface area contributed by atoms with Gasteiger partial charge in [-0.15, -0.1) is 0 Å². The highest BCUT2D eigenvalue weighted by molar-refractivity contribution is 5.34. The molecule has 5 heteroatoms. The summed E-state index contributed by atoms with van der Waals surface area (Å²) in [6, 6.07) is 3.69. The highest BCUT2D eigenvalue weighted by Gasteiger charge is 2.29. The van der Waals surface area contributed by atoms with Gasteiger partial charge in [0.25, 0.3) is 5.69 Å². The van der Waals surface area contributed by atoms with Gasteiger partial charge < -0.3 is 5.73 Å². The Labute approximate surface area is 92.4 Å². The number of benzene rings is 1. The van der Waals surface area contributed by atoms with Crippen LogP contribution in [0, 0.1) is 21.8 Å². The SMILES string of the molecule is NC(Cc1ccc([N+](=O)[O-])cc1F)C1CC1. The number of hydrogen-bond donors (Lipinski definition) is 1. The molecule has 4 nitrogen and oxygen atoms in total. The van der Waals surface area contributed by atoms with Crippen molar-refractivity contribution in [3.05, 3.63) is 39.7 Å². The van der Waals surface area contributed by atoms with Gasteiger partial charge in [0.05, 0.1) is 11.0 Å². The molecule has 1 aromatic carbocycles. The number of nitrogens with zero attached hydrogens (tertiary/aromatic N) is 1. The summed E-state index contributed by atoms with van der Waals surface area (Å²) in [5.41, 5.74) is 6.12. The minimum absolute atomic E-state index is 0.0315. The smallest absolute Gasteiger partial charge is 0.272 e. The van der Waals surface area contributed by atoms with Gasteiger partial charge in [0.15, 0.2) is 0 Å². The molecule has 0 amide bonds. The molecule has 1 aromatic rings. The van der Waals surface area contributed by atoms with Crippen molar-refractivity contribution in [3.8, 4) is 0 Å². The Kier molecular flexibility index (Phi) is 2.87. The lowest BCUT2D eigenvalue weighted by Crippen LogP contribution is -2.25. The van der Waals surface area contributed by atoms with Gasteiger partial charge in [-0.05, 0) is 36.8 Å². The molecule has 0 spiro atoms. The first-order valence-electron chi connectivity index (χ1n) is 5.26. The molecule has 0 bridgehead atoms. The molecule has 2 N–H and O–H groups in total. The lowest BCUT2D eigenvalue weighted by atomic mass is 10.0. The normalized spacial score (nSPS) is 17.1. The van der Waals surface area contributed by atoms with E-state index in [0.717, 1.165) is 18.9 Å². The van der Waals surface area contributed by atoms with Crippen molar-refractivity contribution in [2.45, 2.75) is 25.3 Å². The van der Waals surface area contributed by atoms with Gasteiger partial charge in [-0.25, -0.2) is 4.39 Å². The van der Waals surface area contributed by atoms with E-state index in [2.05, 4.69) is 0 Å². The number of halogens is 1. The Morgan fingerprint density at radius 3 is 2.75 bits per heavy atom. The summed E-state index contributed by atoms with van der Waals surface area (Å²) in [5, 5.41) is 10.4. The maximum Gasteiger partial charge on any atom is 0.272 e. The van der Waals surface area contributed by atoms with Crippen LogP contribution in [-0.4, -0.2) is 11.0 Å². The topological polar surface area (TPSA) is 69.2 Å². The molecule has 0 heterocycles. The van der Waals surface area contributed by atoms with Crippen LogP contribution in [0.1, 0.15) is 18.4 Å². The van der Waals surface area contributed by atoms with Gasteiger partial charge in [0.1, 0.15) is 5.82 Å². The fraction of sp³-hybridized carbons (Fsp3) is 0.455. The van der Waals surface area contributed by atoms with Gasteiger partial charge in [-0.3, -0.25) is 10.1 Å². The van der Waals surface area contributed by atoms with Crippen LogP contribution >= 0.6 is 0 Å². The highest BCUT2D eigenvalue weighted by Crippen LogP contribution is 2.33. The van der Waals surface area contributed by atoms with E-state index in [4.69, 9.17) is 5.73 Å². The third kappa shape index (κ3) is 2.36. The van der Waals surface area contributed by atoms with Crippen molar-refractivity contribution in [1.82, 2.24) is 0 Å². The predicted octanol–water partition coefficient (Wildman–Crippen LogP) is 2.01. The van der Waals surface area contributed by atoms with Crippen molar-refractivity contribution < 1.29 is 9.31 Å². The minimum atomic E-state index is -0.603. The molecule has 1 fully saturated rings. The molecule has 1 saturated carbocycles. The van der Waals surface area contributed by atoms with E-state index in [1.165, 1.54) is 12.1 Å². The zero-order chi connectivity index (χ0) is 11.7. The lowest BCUT2D eigenvalue weighted by molar-refractivity contribution is -0.385. The number of rotatable bonds is 4. The first-order chi connectivity index (χ1) is 7.58. The molecule has 1 aliphatic carbocycles. The summed E-state index contributed by atoms with van der Waals surface area (Å²) in [5.74, 6) is -0.0418. The zero-order valence-electron chi connectivity index (χ0n) is 8.73. The summed E-state index contributed by atoms with van der Waals surface area (Å²) in [6.07, 6.45) is 2.67. The number of nitrogens with two attached hydrogens (primary N) is 1. The quantitative estimate of drug-likeness (QED) is 0.628. The van der Waals surface area contributed by atoms with E-state index >= 15 is 0 Å². The number of non-ortho nitro benzene ring substituents is 1. The number of nitro groups is 1. The Morgan fingerprint density at radius 2 is 2.25 bits per heavy atom. The zero-order valence-corrected chi connectivity index (χ0v) is 8.73. The second-order valence-electron chi connectivity index (χ2n) is 4.24. The molecule has 0 saturated heterocycles. The predicted molar refractivity (Wildman–Crippen MR) is 57.5 cm³/mol. The van der Waals surface area contributed by atoms with E-state index in [9.17, 15) is 14.5 Å². The van der Waals surface area contributed by atoms with Gasteiger partial charge in [0, 0.05) is 12.1 Å². The summed E-state index contributed by atoms with van der Waals surface area (Å²) in [6.45, 7) is 0. The largest absolute Gasteiger partial charge is 0.327 e. The van der Waals surface area contributed by atoms with E-state index in [1.54, 1.807) is 0 Å². The van der Waals surface area contributed by atoms with E-state index < -0.39 is 10.7 Å². The molecular formula is C11H13FN2O2. The van der Waals surface area contributed by atoms with Crippen molar-refractivity contribution in [2.24, 2.45) is 11.7 Å². The Morgan fingerprint density at radius 1 is 1.56 bits per heavy atom. The first-order valence-corrected chi connectivity index (χ1v) is 5.26. The third-order valence-corrected chi connectivity index (χ3v) is 2.93. The molecule has 16 heavy (non-hydrogen) atoms. The standard InChI is InChI=1S/C11H13FN2O2/c12-10-6-9(14(15)16)4-3-8(10)5-11(13)7-1-2-7/h3-4,6-7,11H,1-2,5,13H2. The number of hydrogen-bond acceptors (Lipinski definition) is 3. The van der Waals surface area contributed by atoms with Crippen molar-refractivity contribution >= 4 is 5.69 Å². The summed E-state index contributed by atoms with van der Waals surface area (Å²) in [7, 11) is 0. The fourth-order valence-electron chi connectivity index (χ4n) is 1.76. The van der Waals surface area contributed by atoms with Crippen molar-refractivity contribution in [3.63, 3.8) is 0 Å². The average molecular weight is 224 g/mol. The fourth-order valence-corrected chi connectivity index (χ4v) is 1.76. The summed E-state index contributed by atoms with van der Waals surface area (Å²) in [4.78, 5) is 9.82. The highest BCUT2D eigenvalue weighted by atomic mass is 19.1. The van der Waals surface area contributed by atoms with Gasteiger partial charge >= 0.3 is 0 Å². The Bertz CT molecular complexity index is 418. The number of nitro benzene ring substituents is 1. The van der Waals surface area contributed by atoms with Crippen molar-refractivity contribution in [1.29, 1.82) is 0 Å². The van der Waals surface area contributed by atoms with Gasteiger partial charge in [-0.2, -0.15) is 0 Å². The average Bonchev–Trinajstić information content (AvgIpc) is 3.03. The molecule has 2 rings (SSSR count). The van der Waals surface area contributed by atoms with Crippen LogP contribution in [0.25, 0.3) is 0 Å². The monoisotopic (exact) mass is 224 g/mol. The van der Waals surface area contributed by atoms with Gasteiger partial charge in [0.2, 0.25) is 0 Å². The second-order valence-corrected chi connectivity index (χ2v) is 4.24. The molecule has 0 radical (unpaired) electrons. The second kappa shape index (κ2) is 4.17.